The van der Waals surface area contributed by atoms with Crippen molar-refractivity contribution < 1.29 is 13.2 Å². The molecule has 1 heterocycles. The van der Waals surface area contributed by atoms with Gasteiger partial charge >= 0.3 is 0 Å². The number of amides is 1. The molecule has 1 aromatic heterocycles. The van der Waals surface area contributed by atoms with Crippen LogP contribution in [0.2, 0.25) is 0 Å². The van der Waals surface area contributed by atoms with Crippen LogP contribution < -0.4 is 11.1 Å². The predicted octanol–water partition coefficient (Wildman–Crippen LogP) is -1.99. The molecule has 10 heteroatoms. The maximum atomic E-state index is 11.4. The zero-order valence-electron chi connectivity index (χ0n) is 9.47. The Bertz CT molecular complexity index is 493. The summed E-state index contributed by atoms with van der Waals surface area (Å²) in [7, 11) is -0.473. The van der Waals surface area contributed by atoms with Gasteiger partial charge in [-0.2, -0.15) is 4.98 Å². The first-order chi connectivity index (χ1) is 7.83. The number of nitrogens with zero attached hydrogens (tertiary/aromatic N) is 3. The van der Waals surface area contributed by atoms with Gasteiger partial charge in [0.05, 0.1) is 5.75 Å². The fraction of sp³-hybridized carbons (Fsp3) is 0.571. The van der Waals surface area contributed by atoms with E-state index < -0.39 is 15.9 Å². The van der Waals surface area contributed by atoms with Crippen LogP contribution in [-0.2, 0) is 10.0 Å². The maximum absolute atomic E-state index is 11.4. The Labute approximate surface area is 98.4 Å². The second-order valence-electron chi connectivity index (χ2n) is 3.40. The highest BCUT2D eigenvalue weighted by atomic mass is 32.2. The molecule has 96 valence electrons. The number of aromatic nitrogens is 3. The minimum absolute atomic E-state index is 0.0139. The van der Waals surface area contributed by atoms with Crippen molar-refractivity contribution in [2.75, 3.05) is 32.1 Å². The summed E-state index contributed by atoms with van der Waals surface area (Å²) in [5.74, 6) is -0.834. The van der Waals surface area contributed by atoms with Gasteiger partial charge in [0, 0.05) is 20.6 Å². The molecular formula is C7H14N6O3S. The molecular weight excluding hydrogens is 248 g/mol. The van der Waals surface area contributed by atoms with Crippen LogP contribution in [0.5, 0.6) is 0 Å². The molecule has 0 radical (unpaired) electrons. The number of anilines is 1. The van der Waals surface area contributed by atoms with Crippen LogP contribution >= 0.6 is 0 Å². The molecule has 0 saturated carbocycles. The van der Waals surface area contributed by atoms with Gasteiger partial charge in [0.2, 0.25) is 21.8 Å². The van der Waals surface area contributed by atoms with E-state index in [1.54, 1.807) is 0 Å². The van der Waals surface area contributed by atoms with Gasteiger partial charge in [0.25, 0.3) is 5.91 Å². The van der Waals surface area contributed by atoms with Gasteiger partial charge in [-0.1, -0.05) is 0 Å². The molecule has 0 spiro atoms. The second kappa shape index (κ2) is 5.10. The fourth-order valence-corrected chi connectivity index (χ4v) is 1.66. The molecule has 0 atom stereocenters. The van der Waals surface area contributed by atoms with E-state index in [2.05, 4.69) is 20.5 Å². The number of carbonyl (C=O) groups is 1. The number of hydrogen-bond donors (Lipinski definition) is 3. The van der Waals surface area contributed by atoms with Crippen LogP contribution in [0.3, 0.4) is 0 Å². The van der Waals surface area contributed by atoms with E-state index in [-0.39, 0.29) is 24.1 Å². The van der Waals surface area contributed by atoms with Gasteiger partial charge in [0.1, 0.15) is 0 Å². The third-order valence-corrected chi connectivity index (χ3v) is 3.75. The third kappa shape index (κ3) is 3.67. The number of aromatic amines is 1. The van der Waals surface area contributed by atoms with Crippen molar-refractivity contribution in [3.05, 3.63) is 5.82 Å². The summed E-state index contributed by atoms with van der Waals surface area (Å²) in [6, 6.07) is 0. The van der Waals surface area contributed by atoms with E-state index in [1.165, 1.54) is 14.1 Å². The van der Waals surface area contributed by atoms with Crippen molar-refractivity contribution in [1.29, 1.82) is 0 Å². The first-order valence-electron chi connectivity index (χ1n) is 4.69. The van der Waals surface area contributed by atoms with E-state index in [4.69, 9.17) is 5.73 Å². The van der Waals surface area contributed by atoms with Crippen molar-refractivity contribution in [3.63, 3.8) is 0 Å². The number of H-pyrrole nitrogens is 1. The first-order valence-corrected chi connectivity index (χ1v) is 6.30. The van der Waals surface area contributed by atoms with Gasteiger partial charge in [0.15, 0.2) is 0 Å². The molecule has 1 amide bonds. The average molecular weight is 262 g/mol. The Morgan fingerprint density at radius 2 is 2.18 bits per heavy atom. The summed E-state index contributed by atoms with van der Waals surface area (Å²) in [6.07, 6.45) is 0. The summed E-state index contributed by atoms with van der Waals surface area (Å²) in [5.41, 5.74) is 5.22. The Hall–Kier alpha value is -1.68. The van der Waals surface area contributed by atoms with Crippen LogP contribution in [0.25, 0.3) is 0 Å². The number of carbonyl (C=O) groups excluding carboxylic acids is 1. The molecule has 4 N–H and O–H groups in total. The standard InChI is InChI=1S/C7H14N6O3S/c1-13(2)17(15,16)4-3-9-6(14)5-10-7(8)12-11-5/h3-4H2,1-2H3,(H,9,14)(H3,8,10,11,12). The largest absolute Gasteiger partial charge is 0.366 e. The Morgan fingerprint density at radius 3 is 2.65 bits per heavy atom. The van der Waals surface area contributed by atoms with Crippen molar-refractivity contribution in [1.82, 2.24) is 24.8 Å². The van der Waals surface area contributed by atoms with Gasteiger partial charge in [-0.15, -0.1) is 5.10 Å². The summed E-state index contributed by atoms with van der Waals surface area (Å²) >= 11 is 0. The molecule has 1 aromatic rings. The number of nitrogens with one attached hydrogen (secondary N) is 2. The van der Waals surface area contributed by atoms with Gasteiger partial charge < -0.3 is 11.1 Å². The van der Waals surface area contributed by atoms with Crippen LogP contribution in [0.4, 0.5) is 5.95 Å². The molecule has 0 saturated heterocycles. The van der Waals surface area contributed by atoms with E-state index >= 15 is 0 Å². The lowest BCUT2D eigenvalue weighted by atomic mass is 10.5. The Balaban J connectivity index is 2.45. The van der Waals surface area contributed by atoms with Crippen LogP contribution in [0, 0.1) is 0 Å². The minimum Gasteiger partial charge on any atom is -0.366 e. The number of nitrogen functional groups attached to an aromatic ring is 1. The highest BCUT2D eigenvalue weighted by Gasteiger charge is 2.15. The number of nitrogens with two attached hydrogens (primary N) is 1. The molecule has 0 aliphatic heterocycles. The quantitative estimate of drug-likeness (QED) is 0.562. The number of hydrogen-bond acceptors (Lipinski definition) is 6. The summed E-state index contributed by atoms with van der Waals surface area (Å²) < 4.78 is 23.8. The first kappa shape index (κ1) is 13.4. The topological polar surface area (TPSA) is 134 Å². The summed E-state index contributed by atoms with van der Waals surface area (Å²) in [5, 5.41) is 8.18. The van der Waals surface area contributed by atoms with Gasteiger partial charge in [-0.05, 0) is 0 Å². The van der Waals surface area contributed by atoms with E-state index in [0.717, 1.165) is 4.31 Å². The summed E-state index contributed by atoms with van der Waals surface area (Å²) in [4.78, 5) is 15.0. The average Bonchev–Trinajstić information content (AvgIpc) is 2.64. The predicted molar refractivity (Wildman–Crippen MR) is 60.6 cm³/mol. The molecule has 0 aliphatic carbocycles. The lowest BCUT2D eigenvalue weighted by Crippen LogP contribution is -2.34. The van der Waals surface area contributed by atoms with Crippen LogP contribution in [-0.4, -0.2) is 60.2 Å². The second-order valence-corrected chi connectivity index (χ2v) is 5.70. The van der Waals surface area contributed by atoms with Gasteiger partial charge in [-0.3, -0.25) is 9.89 Å². The monoisotopic (exact) mass is 262 g/mol. The molecule has 0 bridgehead atoms. The van der Waals surface area contributed by atoms with Crippen molar-refractivity contribution in [2.45, 2.75) is 0 Å². The Morgan fingerprint density at radius 1 is 1.53 bits per heavy atom. The zero-order valence-corrected chi connectivity index (χ0v) is 10.3. The molecule has 17 heavy (non-hydrogen) atoms. The minimum atomic E-state index is -3.32. The van der Waals surface area contributed by atoms with Crippen molar-refractivity contribution >= 4 is 21.9 Å². The molecule has 9 nitrogen and oxygen atoms in total. The third-order valence-electron chi connectivity index (χ3n) is 1.92. The van der Waals surface area contributed by atoms with Crippen molar-refractivity contribution in [3.8, 4) is 0 Å². The molecule has 0 aromatic carbocycles. The van der Waals surface area contributed by atoms with E-state index in [9.17, 15) is 13.2 Å². The normalized spacial score (nSPS) is 11.7. The highest BCUT2D eigenvalue weighted by Crippen LogP contribution is 1.94. The smallest absolute Gasteiger partial charge is 0.288 e. The maximum Gasteiger partial charge on any atom is 0.288 e. The zero-order chi connectivity index (χ0) is 13.1. The number of sulfonamides is 1. The van der Waals surface area contributed by atoms with Crippen molar-refractivity contribution in [2.24, 2.45) is 0 Å². The summed E-state index contributed by atoms with van der Waals surface area (Å²) in [6.45, 7) is -0.0139. The number of rotatable bonds is 5. The molecule has 0 aliphatic rings. The molecule has 1 rings (SSSR count). The molecule has 0 fully saturated rings. The SMILES string of the molecule is CN(C)S(=O)(=O)CCNC(=O)c1nc(N)n[nH]1. The lowest BCUT2D eigenvalue weighted by molar-refractivity contribution is 0.0946. The highest BCUT2D eigenvalue weighted by molar-refractivity contribution is 7.89. The van der Waals surface area contributed by atoms with E-state index in [1.807, 2.05) is 0 Å². The van der Waals surface area contributed by atoms with Crippen LogP contribution in [0.15, 0.2) is 0 Å². The van der Waals surface area contributed by atoms with E-state index in [0.29, 0.717) is 0 Å². The molecule has 0 unspecified atom stereocenters. The fourth-order valence-electron chi connectivity index (χ4n) is 0.936. The lowest BCUT2D eigenvalue weighted by Gasteiger charge is -2.10. The Kier molecular flexibility index (Phi) is 4.02. The van der Waals surface area contributed by atoms with Crippen LogP contribution in [0.1, 0.15) is 10.6 Å². The van der Waals surface area contributed by atoms with Gasteiger partial charge in [-0.25, -0.2) is 12.7 Å².